The number of ether oxygens (including phenoxy) is 4. The topological polar surface area (TPSA) is 149 Å². The summed E-state index contributed by atoms with van der Waals surface area (Å²) in [5, 5.41) is 34.4. The van der Waals surface area contributed by atoms with Crippen molar-refractivity contribution in [2.24, 2.45) is 28.1 Å². The van der Waals surface area contributed by atoms with E-state index in [4.69, 9.17) is 18.9 Å². The van der Waals surface area contributed by atoms with Crippen LogP contribution in [0, 0.1) is 28.1 Å². The molecule has 6 aliphatic rings. The summed E-state index contributed by atoms with van der Waals surface area (Å²) in [5.74, 6) is -4.43. The molecule has 3 N–H and O–H groups in total. The van der Waals surface area contributed by atoms with Crippen molar-refractivity contribution in [1.29, 1.82) is 0 Å². The van der Waals surface area contributed by atoms with Crippen molar-refractivity contribution in [1.82, 2.24) is 0 Å². The lowest BCUT2D eigenvalue weighted by molar-refractivity contribution is -0.239. The highest BCUT2D eigenvalue weighted by Gasteiger charge is 3.02. The van der Waals surface area contributed by atoms with E-state index in [2.05, 4.69) is 0 Å². The maximum absolute atomic E-state index is 13.4. The molecule has 0 amide bonds. The molecule has 4 saturated heterocycles. The number of hydrogen-bond donors (Lipinski definition) is 3. The fraction of sp³-hybridized carbons (Fsp3) is 0.850. The van der Waals surface area contributed by atoms with Crippen LogP contribution in [0.25, 0.3) is 0 Å². The average Bonchev–Trinajstić information content (AvgIpc) is 3.32. The van der Waals surface area contributed by atoms with Crippen LogP contribution in [0.2, 0.25) is 0 Å². The number of rotatable bonds is 0. The van der Waals surface area contributed by atoms with Crippen LogP contribution in [0.5, 0.6) is 0 Å². The molecule has 10 nitrogen and oxygen atoms in total. The van der Waals surface area contributed by atoms with E-state index in [1.807, 2.05) is 20.8 Å². The SMILES string of the molecule is C[C@H]1C(=O)O[C@H]2C[C@]34[C@@H]5OC(=O)[C@]3(O[C@H]3OC(=O)[C@H](O)[C@]34[C@H](C(C)(C)C)[C@H]5O)[C@]21O. The van der Waals surface area contributed by atoms with E-state index < -0.39 is 87.9 Å². The molecular weight excluding hydrogens is 400 g/mol. The average molecular weight is 424 g/mol. The molecule has 0 aromatic heterocycles. The molecule has 4 aliphatic heterocycles. The summed E-state index contributed by atoms with van der Waals surface area (Å²) in [7, 11) is 0. The fourth-order valence-corrected chi connectivity index (χ4v) is 8.22. The Morgan fingerprint density at radius 2 is 1.70 bits per heavy atom. The first-order valence-electron chi connectivity index (χ1n) is 10.2. The summed E-state index contributed by atoms with van der Waals surface area (Å²) in [5.41, 5.74) is -7.95. The van der Waals surface area contributed by atoms with Gasteiger partial charge >= 0.3 is 17.9 Å². The first-order valence-corrected chi connectivity index (χ1v) is 10.2. The first kappa shape index (κ1) is 19.0. The second-order valence-corrected chi connectivity index (χ2v) is 10.7. The molecule has 2 aliphatic carbocycles. The standard InChI is InChI=1S/C20H24O10/c1-6-12(23)27-7-5-17-11-8(21)9(16(2,3)4)18(17)10(22)13(24)29-15(18)30-20(17,14(25)28-11)19(6,7)26/h6-11,15,21-22,26H,5H2,1-4H3/t6-,7-,8+,9-,10-,11+,15+,17+,18+,19+,20+/m0/s1. The van der Waals surface area contributed by atoms with Gasteiger partial charge in [0.1, 0.15) is 12.2 Å². The molecule has 0 unspecified atom stereocenters. The minimum atomic E-state index is -2.12. The molecule has 0 aromatic carbocycles. The van der Waals surface area contributed by atoms with Crippen LogP contribution in [0.1, 0.15) is 34.1 Å². The number of aliphatic hydroxyl groups is 3. The summed E-state index contributed by atoms with van der Waals surface area (Å²) >= 11 is 0. The van der Waals surface area contributed by atoms with Gasteiger partial charge in [0, 0.05) is 12.3 Å². The summed E-state index contributed by atoms with van der Waals surface area (Å²) in [4.78, 5) is 38.2. The van der Waals surface area contributed by atoms with Crippen molar-refractivity contribution in [2.75, 3.05) is 0 Å². The van der Waals surface area contributed by atoms with Gasteiger partial charge in [0.15, 0.2) is 11.7 Å². The number of esters is 3. The predicted molar refractivity (Wildman–Crippen MR) is 92.0 cm³/mol. The zero-order valence-corrected chi connectivity index (χ0v) is 16.9. The van der Waals surface area contributed by atoms with Gasteiger partial charge in [-0.15, -0.1) is 0 Å². The molecule has 4 heterocycles. The fourth-order valence-electron chi connectivity index (χ4n) is 8.22. The molecule has 0 aromatic rings. The molecule has 6 fully saturated rings. The smallest absolute Gasteiger partial charge is 0.342 e. The third kappa shape index (κ3) is 1.35. The highest BCUT2D eigenvalue weighted by molar-refractivity contribution is 5.93. The van der Waals surface area contributed by atoms with E-state index in [1.54, 1.807) is 0 Å². The van der Waals surface area contributed by atoms with E-state index in [-0.39, 0.29) is 6.42 Å². The van der Waals surface area contributed by atoms with Crippen molar-refractivity contribution in [3.05, 3.63) is 0 Å². The largest absolute Gasteiger partial charge is 0.459 e. The zero-order chi connectivity index (χ0) is 21.8. The molecule has 2 spiro atoms. The van der Waals surface area contributed by atoms with E-state index in [0.717, 1.165) is 0 Å². The second kappa shape index (κ2) is 4.69. The molecule has 11 atom stereocenters. The summed E-state index contributed by atoms with van der Waals surface area (Å²) in [6.45, 7) is 6.97. The summed E-state index contributed by atoms with van der Waals surface area (Å²) < 4.78 is 22.6. The van der Waals surface area contributed by atoms with E-state index in [0.29, 0.717) is 0 Å². The van der Waals surface area contributed by atoms with Gasteiger partial charge in [-0.1, -0.05) is 20.8 Å². The Morgan fingerprint density at radius 1 is 1.03 bits per heavy atom. The lowest BCUT2D eigenvalue weighted by Crippen LogP contribution is -2.66. The molecule has 6 rings (SSSR count). The summed E-state index contributed by atoms with van der Waals surface area (Å²) in [6.07, 6.45) is -6.73. The van der Waals surface area contributed by atoms with Gasteiger partial charge in [0.2, 0.25) is 11.9 Å². The quantitative estimate of drug-likeness (QED) is 0.314. The Balaban J connectivity index is 1.71. The molecule has 164 valence electrons. The monoisotopic (exact) mass is 424 g/mol. The second-order valence-electron chi connectivity index (χ2n) is 10.7. The van der Waals surface area contributed by atoms with E-state index in [9.17, 15) is 29.7 Å². The van der Waals surface area contributed by atoms with Crippen LogP contribution in [-0.4, -0.2) is 75.1 Å². The van der Waals surface area contributed by atoms with Crippen molar-refractivity contribution >= 4 is 17.9 Å². The highest BCUT2D eigenvalue weighted by Crippen LogP contribution is 2.84. The van der Waals surface area contributed by atoms with Gasteiger partial charge in [-0.05, 0) is 12.3 Å². The van der Waals surface area contributed by atoms with Crippen LogP contribution in [-0.2, 0) is 33.3 Å². The highest BCUT2D eigenvalue weighted by atomic mass is 16.8. The van der Waals surface area contributed by atoms with Crippen molar-refractivity contribution < 1.29 is 48.7 Å². The van der Waals surface area contributed by atoms with Crippen molar-refractivity contribution in [3.8, 4) is 0 Å². The maximum Gasteiger partial charge on any atom is 0.342 e. The van der Waals surface area contributed by atoms with Crippen molar-refractivity contribution in [3.63, 3.8) is 0 Å². The Hall–Kier alpha value is -1.75. The van der Waals surface area contributed by atoms with Gasteiger partial charge < -0.3 is 34.3 Å². The maximum atomic E-state index is 13.4. The number of aliphatic hydroxyl groups excluding tert-OH is 2. The van der Waals surface area contributed by atoms with Gasteiger partial charge in [-0.2, -0.15) is 0 Å². The number of fused-ring (bicyclic) bond motifs is 1. The zero-order valence-electron chi connectivity index (χ0n) is 16.9. The third-order valence-corrected chi connectivity index (χ3v) is 8.91. The van der Waals surface area contributed by atoms with Gasteiger partial charge in [-0.25, -0.2) is 9.59 Å². The molecule has 0 bridgehead atoms. The van der Waals surface area contributed by atoms with Gasteiger partial charge in [-0.3, -0.25) is 4.79 Å². The van der Waals surface area contributed by atoms with Crippen LogP contribution < -0.4 is 0 Å². The van der Waals surface area contributed by atoms with Crippen LogP contribution in [0.3, 0.4) is 0 Å². The normalized spacial score (nSPS) is 60.1. The Morgan fingerprint density at radius 3 is 2.33 bits per heavy atom. The molecule has 0 radical (unpaired) electrons. The number of carbonyl (C=O) groups excluding carboxylic acids is 3. The third-order valence-electron chi connectivity index (χ3n) is 8.91. The van der Waals surface area contributed by atoms with Crippen LogP contribution >= 0.6 is 0 Å². The van der Waals surface area contributed by atoms with E-state index in [1.165, 1.54) is 6.92 Å². The number of hydrogen-bond acceptors (Lipinski definition) is 10. The van der Waals surface area contributed by atoms with Crippen molar-refractivity contribution in [2.45, 2.75) is 76.0 Å². The minimum absolute atomic E-state index is 0.107. The van der Waals surface area contributed by atoms with Gasteiger partial charge in [0.05, 0.1) is 22.9 Å². The van der Waals surface area contributed by atoms with Gasteiger partial charge in [0.25, 0.3) is 0 Å². The van der Waals surface area contributed by atoms with E-state index >= 15 is 0 Å². The molecular formula is C20H24O10. The predicted octanol–water partition coefficient (Wildman–Crippen LogP) is -1.37. The van der Waals surface area contributed by atoms with Crippen LogP contribution in [0.4, 0.5) is 0 Å². The number of carbonyl (C=O) groups is 3. The lowest BCUT2D eigenvalue weighted by Gasteiger charge is -2.46. The first-order chi connectivity index (χ1) is 13.8. The molecule has 10 heteroatoms. The molecule has 30 heavy (non-hydrogen) atoms. The Kier molecular flexibility index (Phi) is 2.97. The Labute approximate surface area is 171 Å². The minimum Gasteiger partial charge on any atom is -0.459 e. The Bertz CT molecular complexity index is 925. The summed E-state index contributed by atoms with van der Waals surface area (Å²) in [6, 6.07) is 0. The van der Waals surface area contributed by atoms with Crippen LogP contribution in [0.15, 0.2) is 0 Å². The molecule has 2 saturated carbocycles. The lowest BCUT2D eigenvalue weighted by atomic mass is 9.51.